The summed E-state index contributed by atoms with van der Waals surface area (Å²) in [5, 5.41) is 5.66. The standard InChI is InChI=1S/C20H24N2O3/c1-4-25-20(24)22-18(16-8-6-5-7-9-16)13-19(23)21-17-11-10-14(2)12-15(17)3/h5-12,18H,4,13H2,1-3H3,(H,21,23)(H,22,24)/t18-/m1/s1. The first kappa shape index (κ1) is 18.5. The Morgan fingerprint density at radius 3 is 2.44 bits per heavy atom. The SMILES string of the molecule is CCOC(=O)N[C@H](CC(=O)Nc1ccc(C)cc1C)c1ccccc1. The lowest BCUT2D eigenvalue weighted by Crippen LogP contribution is -2.32. The molecule has 0 unspecified atom stereocenters. The van der Waals surface area contributed by atoms with Crippen LogP contribution in [0.25, 0.3) is 0 Å². The van der Waals surface area contributed by atoms with Crippen molar-refractivity contribution in [2.75, 3.05) is 11.9 Å². The van der Waals surface area contributed by atoms with Crippen LogP contribution >= 0.6 is 0 Å². The van der Waals surface area contributed by atoms with Gasteiger partial charge in [-0.25, -0.2) is 4.79 Å². The maximum atomic E-state index is 12.5. The Hall–Kier alpha value is -2.82. The number of hydrogen-bond donors (Lipinski definition) is 2. The molecule has 2 aromatic carbocycles. The summed E-state index contributed by atoms with van der Waals surface area (Å²) in [6.45, 7) is 5.98. The Balaban J connectivity index is 2.09. The zero-order valence-electron chi connectivity index (χ0n) is 14.8. The Morgan fingerprint density at radius 2 is 1.80 bits per heavy atom. The number of nitrogens with one attached hydrogen (secondary N) is 2. The number of carbonyl (C=O) groups excluding carboxylic acids is 2. The maximum Gasteiger partial charge on any atom is 0.407 e. The summed E-state index contributed by atoms with van der Waals surface area (Å²) in [4.78, 5) is 24.3. The largest absolute Gasteiger partial charge is 0.450 e. The third kappa shape index (κ3) is 5.64. The maximum absolute atomic E-state index is 12.5. The summed E-state index contributed by atoms with van der Waals surface area (Å²) >= 11 is 0. The quantitative estimate of drug-likeness (QED) is 0.831. The Bertz CT molecular complexity index is 729. The minimum Gasteiger partial charge on any atom is -0.450 e. The lowest BCUT2D eigenvalue weighted by Gasteiger charge is -2.19. The van der Waals surface area contributed by atoms with Crippen molar-refractivity contribution < 1.29 is 14.3 Å². The molecule has 0 bridgehead atoms. The number of alkyl carbamates (subject to hydrolysis) is 1. The van der Waals surface area contributed by atoms with E-state index in [9.17, 15) is 9.59 Å². The molecule has 5 heteroatoms. The number of aryl methyl sites for hydroxylation is 2. The van der Waals surface area contributed by atoms with E-state index in [0.29, 0.717) is 0 Å². The number of ether oxygens (including phenoxy) is 1. The topological polar surface area (TPSA) is 67.4 Å². The van der Waals surface area contributed by atoms with Gasteiger partial charge in [-0.15, -0.1) is 0 Å². The molecule has 0 aliphatic heterocycles. The summed E-state index contributed by atoms with van der Waals surface area (Å²) in [7, 11) is 0. The van der Waals surface area contributed by atoms with Crippen molar-refractivity contribution in [3.8, 4) is 0 Å². The second-order valence-corrected chi connectivity index (χ2v) is 5.90. The van der Waals surface area contributed by atoms with E-state index in [2.05, 4.69) is 10.6 Å². The number of anilines is 1. The van der Waals surface area contributed by atoms with Gasteiger partial charge in [0, 0.05) is 5.69 Å². The first-order valence-electron chi connectivity index (χ1n) is 8.35. The average molecular weight is 340 g/mol. The van der Waals surface area contributed by atoms with Crippen molar-refractivity contribution in [1.29, 1.82) is 0 Å². The van der Waals surface area contributed by atoms with Crippen molar-refractivity contribution in [3.63, 3.8) is 0 Å². The van der Waals surface area contributed by atoms with Crippen LogP contribution in [0.5, 0.6) is 0 Å². The van der Waals surface area contributed by atoms with Gasteiger partial charge < -0.3 is 15.4 Å². The molecular formula is C20H24N2O3. The van der Waals surface area contributed by atoms with E-state index >= 15 is 0 Å². The molecule has 1 atom stereocenters. The summed E-state index contributed by atoms with van der Waals surface area (Å²) in [6.07, 6.45) is -0.411. The van der Waals surface area contributed by atoms with Crippen LogP contribution in [-0.2, 0) is 9.53 Å². The molecule has 2 rings (SSSR count). The molecule has 2 amide bonds. The lowest BCUT2D eigenvalue weighted by molar-refractivity contribution is -0.116. The Morgan fingerprint density at radius 1 is 1.08 bits per heavy atom. The van der Waals surface area contributed by atoms with E-state index in [0.717, 1.165) is 22.4 Å². The fourth-order valence-corrected chi connectivity index (χ4v) is 2.59. The predicted octanol–water partition coefficient (Wildman–Crippen LogP) is 4.12. The molecule has 0 heterocycles. The number of benzene rings is 2. The van der Waals surface area contributed by atoms with Crippen molar-refractivity contribution in [1.82, 2.24) is 5.32 Å². The van der Waals surface area contributed by atoms with Crippen LogP contribution in [0, 0.1) is 13.8 Å². The van der Waals surface area contributed by atoms with Gasteiger partial charge >= 0.3 is 6.09 Å². The number of amides is 2. The van der Waals surface area contributed by atoms with E-state index in [1.54, 1.807) is 6.92 Å². The lowest BCUT2D eigenvalue weighted by atomic mass is 10.0. The Kier molecular flexibility index (Phi) is 6.57. The second kappa shape index (κ2) is 8.87. The molecule has 2 aromatic rings. The van der Waals surface area contributed by atoms with Crippen LogP contribution in [0.4, 0.5) is 10.5 Å². The smallest absolute Gasteiger partial charge is 0.407 e. The van der Waals surface area contributed by atoms with E-state index in [1.807, 2.05) is 62.4 Å². The summed E-state index contributed by atoms with van der Waals surface area (Å²) in [6, 6.07) is 14.8. The van der Waals surface area contributed by atoms with Crippen molar-refractivity contribution in [2.24, 2.45) is 0 Å². The third-order valence-electron chi connectivity index (χ3n) is 3.81. The minimum absolute atomic E-state index is 0.121. The third-order valence-corrected chi connectivity index (χ3v) is 3.81. The van der Waals surface area contributed by atoms with E-state index < -0.39 is 12.1 Å². The van der Waals surface area contributed by atoms with Crippen LogP contribution in [-0.4, -0.2) is 18.6 Å². The van der Waals surface area contributed by atoms with Gasteiger partial charge in [-0.3, -0.25) is 4.79 Å². The molecule has 0 saturated carbocycles. The normalized spacial score (nSPS) is 11.5. The van der Waals surface area contributed by atoms with Gasteiger partial charge in [0.1, 0.15) is 0 Å². The van der Waals surface area contributed by atoms with Gasteiger partial charge in [-0.1, -0.05) is 48.0 Å². The van der Waals surface area contributed by atoms with Crippen molar-refractivity contribution in [3.05, 3.63) is 65.2 Å². The molecule has 0 fully saturated rings. The molecule has 132 valence electrons. The molecule has 25 heavy (non-hydrogen) atoms. The van der Waals surface area contributed by atoms with E-state index in [4.69, 9.17) is 4.74 Å². The van der Waals surface area contributed by atoms with Crippen molar-refractivity contribution >= 4 is 17.7 Å². The minimum atomic E-state index is -0.532. The van der Waals surface area contributed by atoms with Crippen molar-refractivity contribution in [2.45, 2.75) is 33.2 Å². The van der Waals surface area contributed by atoms with Crippen LogP contribution < -0.4 is 10.6 Å². The number of carbonyl (C=O) groups is 2. The van der Waals surface area contributed by atoms with Crippen LogP contribution in [0.1, 0.15) is 36.1 Å². The molecular weight excluding hydrogens is 316 g/mol. The Labute approximate surface area is 148 Å². The molecule has 0 saturated heterocycles. The number of hydrogen-bond acceptors (Lipinski definition) is 3. The monoisotopic (exact) mass is 340 g/mol. The fourth-order valence-electron chi connectivity index (χ4n) is 2.59. The van der Waals surface area contributed by atoms with Gasteiger partial charge in [0.25, 0.3) is 0 Å². The molecule has 0 radical (unpaired) electrons. The molecule has 0 aromatic heterocycles. The zero-order chi connectivity index (χ0) is 18.2. The zero-order valence-corrected chi connectivity index (χ0v) is 14.8. The summed E-state index contributed by atoms with van der Waals surface area (Å²) in [5.74, 6) is -0.169. The van der Waals surface area contributed by atoms with Gasteiger partial charge in [-0.05, 0) is 38.0 Å². The van der Waals surface area contributed by atoms with E-state index in [1.165, 1.54) is 0 Å². The fraction of sp³-hybridized carbons (Fsp3) is 0.300. The van der Waals surface area contributed by atoms with Crippen LogP contribution in [0.15, 0.2) is 48.5 Å². The van der Waals surface area contributed by atoms with Crippen LogP contribution in [0.3, 0.4) is 0 Å². The molecule has 5 nitrogen and oxygen atoms in total. The van der Waals surface area contributed by atoms with Crippen LogP contribution in [0.2, 0.25) is 0 Å². The van der Waals surface area contributed by atoms with Gasteiger partial charge in [-0.2, -0.15) is 0 Å². The molecule has 0 aliphatic carbocycles. The van der Waals surface area contributed by atoms with Gasteiger partial charge in [0.15, 0.2) is 0 Å². The second-order valence-electron chi connectivity index (χ2n) is 5.90. The predicted molar refractivity (Wildman–Crippen MR) is 98.5 cm³/mol. The number of rotatable bonds is 6. The molecule has 0 spiro atoms. The highest BCUT2D eigenvalue weighted by Crippen LogP contribution is 2.20. The summed E-state index contributed by atoms with van der Waals surface area (Å²) < 4.78 is 4.94. The van der Waals surface area contributed by atoms with E-state index in [-0.39, 0.29) is 18.9 Å². The highest BCUT2D eigenvalue weighted by molar-refractivity contribution is 5.92. The first-order chi connectivity index (χ1) is 12.0. The molecule has 2 N–H and O–H groups in total. The molecule has 0 aliphatic rings. The summed E-state index contributed by atoms with van der Waals surface area (Å²) in [5.41, 5.74) is 3.77. The van der Waals surface area contributed by atoms with Gasteiger partial charge in [0.2, 0.25) is 5.91 Å². The van der Waals surface area contributed by atoms with Gasteiger partial charge in [0.05, 0.1) is 19.1 Å². The average Bonchev–Trinajstić information content (AvgIpc) is 2.58. The highest BCUT2D eigenvalue weighted by atomic mass is 16.5. The highest BCUT2D eigenvalue weighted by Gasteiger charge is 2.19. The first-order valence-corrected chi connectivity index (χ1v) is 8.35.